The van der Waals surface area contributed by atoms with E-state index in [-0.39, 0.29) is 27.9 Å². The number of methoxy groups -OCH3 is 1. The minimum absolute atomic E-state index is 0.124. The fourth-order valence-electron chi connectivity index (χ4n) is 2.86. The summed E-state index contributed by atoms with van der Waals surface area (Å²) in [6.07, 6.45) is 1.50. The van der Waals surface area contributed by atoms with Crippen LogP contribution >= 0.6 is 34.3 Å². The molecule has 0 fully saturated rings. The molecule has 0 radical (unpaired) electrons. The van der Waals surface area contributed by atoms with Gasteiger partial charge in [-0.25, -0.2) is 4.98 Å². The van der Waals surface area contributed by atoms with E-state index in [4.69, 9.17) is 16.3 Å². The van der Waals surface area contributed by atoms with Crippen LogP contribution in [0.3, 0.4) is 0 Å². The Labute approximate surface area is 182 Å². The van der Waals surface area contributed by atoms with Gasteiger partial charge in [0.15, 0.2) is 17.3 Å². The van der Waals surface area contributed by atoms with Gasteiger partial charge < -0.3 is 14.5 Å². The van der Waals surface area contributed by atoms with E-state index >= 15 is 0 Å². The van der Waals surface area contributed by atoms with Crippen molar-refractivity contribution in [2.24, 2.45) is 0 Å². The number of nitrogens with one attached hydrogen (secondary N) is 1. The maximum atomic E-state index is 12.7. The summed E-state index contributed by atoms with van der Waals surface area (Å²) in [5, 5.41) is 4.48. The van der Waals surface area contributed by atoms with Gasteiger partial charge in [-0.2, -0.15) is 8.78 Å². The van der Waals surface area contributed by atoms with Crippen LogP contribution in [0.4, 0.5) is 8.78 Å². The van der Waals surface area contributed by atoms with Gasteiger partial charge in [0.1, 0.15) is 4.83 Å². The minimum atomic E-state index is -2.99. The molecule has 10 heteroatoms. The van der Waals surface area contributed by atoms with Crippen LogP contribution in [-0.2, 0) is 0 Å². The highest BCUT2D eigenvalue weighted by atomic mass is 35.5. The molecule has 0 aliphatic rings. The van der Waals surface area contributed by atoms with Gasteiger partial charge in [-0.15, -0.1) is 22.7 Å². The van der Waals surface area contributed by atoms with Crippen molar-refractivity contribution in [3.05, 3.63) is 62.8 Å². The van der Waals surface area contributed by atoms with Gasteiger partial charge in [0.25, 0.3) is 5.56 Å². The topological polar surface area (TPSA) is 64.2 Å². The molecule has 1 aromatic carbocycles. The van der Waals surface area contributed by atoms with Crippen molar-refractivity contribution in [1.29, 1.82) is 0 Å². The fraction of sp³-hybridized carbons (Fsp3) is 0.100. The molecule has 0 atom stereocenters. The monoisotopic (exact) mass is 466 g/mol. The Bertz CT molecular complexity index is 1280. The van der Waals surface area contributed by atoms with Crippen LogP contribution in [0.25, 0.3) is 31.8 Å². The number of hydrogen-bond donors (Lipinski definition) is 1. The molecule has 3 heterocycles. The summed E-state index contributed by atoms with van der Waals surface area (Å²) in [5.41, 5.74) is 1.00. The third-order valence-corrected chi connectivity index (χ3v) is 6.22. The molecular weight excluding hydrogens is 454 g/mol. The van der Waals surface area contributed by atoms with Gasteiger partial charge in [-0.3, -0.25) is 4.79 Å². The molecule has 0 saturated heterocycles. The Hall–Kier alpha value is -2.75. The molecule has 0 amide bonds. The van der Waals surface area contributed by atoms with Crippen LogP contribution in [0.5, 0.6) is 11.5 Å². The van der Waals surface area contributed by atoms with Crippen LogP contribution in [0.2, 0.25) is 0 Å². The van der Waals surface area contributed by atoms with Crippen molar-refractivity contribution < 1.29 is 18.3 Å². The average molecular weight is 467 g/mol. The molecule has 0 unspecified atom stereocenters. The zero-order valence-corrected chi connectivity index (χ0v) is 17.7. The molecular formula is C20H13ClF2N2O3S2. The lowest BCUT2D eigenvalue weighted by Gasteiger charge is -2.10. The predicted molar refractivity (Wildman–Crippen MR) is 117 cm³/mol. The Morgan fingerprint density at radius 3 is 2.80 bits per heavy atom. The van der Waals surface area contributed by atoms with Gasteiger partial charge in [-0.1, -0.05) is 23.7 Å². The minimum Gasteiger partial charge on any atom is -0.493 e. The second kappa shape index (κ2) is 8.55. The molecule has 0 bridgehead atoms. The van der Waals surface area contributed by atoms with Gasteiger partial charge >= 0.3 is 6.61 Å². The van der Waals surface area contributed by atoms with Crippen LogP contribution < -0.4 is 15.0 Å². The third kappa shape index (κ3) is 4.09. The fourth-order valence-corrected chi connectivity index (χ4v) is 4.84. The van der Waals surface area contributed by atoms with Gasteiger partial charge in [0.2, 0.25) is 0 Å². The van der Waals surface area contributed by atoms with Crippen molar-refractivity contribution in [1.82, 2.24) is 9.97 Å². The quantitative estimate of drug-likeness (QED) is 0.375. The Morgan fingerprint density at radius 1 is 1.27 bits per heavy atom. The largest absolute Gasteiger partial charge is 0.493 e. The van der Waals surface area contributed by atoms with Gasteiger partial charge in [0.05, 0.1) is 17.5 Å². The van der Waals surface area contributed by atoms with E-state index in [0.29, 0.717) is 15.8 Å². The summed E-state index contributed by atoms with van der Waals surface area (Å²) in [5.74, 6) is 0.221. The standard InChI is InChI=1S/C20H13ClF2N2O3S2/c1-27-13-5-4-10(8-14(13)28-20(22)23)7-12(21)17-24-18(26)16-11(9-30-19(16)25-17)15-3-2-6-29-15/h2-9,20H,1H3,(H,24,25,26)/b12-7-. The SMILES string of the molecule is COc1ccc(/C=C(\Cl)c2nc3scc(-c4cccs4)c3c(=O)[nH]2)cc1OC(F)F. The smallest absolute Gasteiger partial charge is 0.387 e. The van der Waals surface area contributed by atoms with Crippen LogP contribution in [0, 0.1) is 0 Å². The lowest BCUT2D eigenvalue weighted by atomic mass is 10.2. The van der Waals surface area contributed by atoms with Crippen LogP contribution in [0.15, 0.2) is 45.9 Å². The van der Waals surface area contributed by atoms with Crippen molar-refractivity contribution in [3.63, 3.8) is 0 Å². The van der Waals surface area contributed by atoms with E-state index in [1.807, 2.05) is 22.9 Å². The number of aromatic amines is 1. The van der Waals surface area contributed by atoms with E-state index in [1.165, 1.54) is 48.0 Å². The molecule has 3 aromatic heterocycles. The molecule has 0 spiro atoms. The number of fused-ring (bicyclic) bond motifs is 1. The molecule has 0 aliphatic carbocycles. The highest BCUT2D eigenvalue weighted by molar-refractivity contribution is 7.18. The Balaban J connectivity index is 1.72. The Morgan fingerprint density at radius 2 is 2.10 bits per heavy atom. The summed E-state index contributed by atoms with van der Waals surface area (Å²) < 4.78 is 34.7. The molecule has 5 nitrogen and oxygen atoms in total. The van der Waals surface area contributed by atoms with E-state index in [2.05, 4.69) is 14.7 Å². The van der Waals surface area contributed by atoms with E-state index in [0.717, 1.165) is 10.4 Å². The first kappa shape index (κ1) is 20.5. The van der Waals surface area contributed by atoms with Gasteiger partial charge in [-0.05, 0) is 35.2 Å². The lowest BCUT2D eigenvalue weighted by molar-refractivity contribution is -0.0512. The number of H-pyrrole nitrogens is 1. The Kier molecular flexibility index (Phi) is 5.85. The lowest BCUT2D eigenvalue weighted by Crippen LogP contribution is -2.10. The zero-order valence-electron chi connectivity index (χ0n) is 15.3. The number of alkyl halides is 2. The molecule has 30 heavy (non-hydrogen) atoms. The van der Waals surface area contributed by atoms with Gasteiger partial charge in [0, 0.05) is 15.8 Å². The molecule has 0 aliphatic heterocycles. The van der Waals surface area contributed by atoms with E-state index in [1.54, 1.807) is 6.07 Å². The van der Waals surface area contributed by atoms with E-state index in [9.17, 15) is 13.6 Å². The number of ether oxygens (including phenoxy) is 2. The first-order valence-corrected chi connectivity index (χ1v) is 10.7. The van der Waals surface area contributed by atoms with Crippen molar-refractivity contribution in [2.45, 2.75) is 6.61 Å². The number of thiophene rings is 2. The van der Waals surface area contributed by atoms with Crippen molar-refractivity contribution in [2.75, 3.05) is 7.11 Å². The van der Waals surface area contributed by atoms with Crippen molar-refractivity contribution >= 4 is 55.6 Å². The number of nitrogens with zero attached hydrogens (tertiary/aromatic N) is 1. The van der Waals surface area contributed by atoms with E-state index < -0.39 is 6.61 Å². The second-order valence-corrected chi connectivity index (χ2v) is 8.22. The molecule has 154 valence electrons. The zero-order chi connectivity index (χ0) is 21.3. The summed E-state index contributed by atoms with van der Waals surface area (Å²) >= 11 is 9.25. The highest BCUT2D eigenvalue weighted by Gasteiger charge is 2.15. The number of rotatable bonds is 6. The average Bonchev–Trinajstić information content (AvgIpc) is 3.37. The normalized spacial score (nSPS) is 12.0. The molecule has 1 N–H and O–H groups in total. The number of benzene rings is 1. The first-order chi connectivity index (χ1) is 14.5. The van der Waals surface area contributed by atoms with Crippen LogP contribution in [-0.4, -0.2) is 23.7 Å². The molecule has 4 aromatic rings. The predicted octanol–water partition coefficient (Wildman–Crippen LogP) is 6.06. The summed E-state index contributed by atoms with van der Waals surface area (Å²) in [6.45, 7) is -2.99. The molecule has 0 saturated carbocycles. The highest BCUT2D eigenvalue weighted by Crippen LogP contribution is 2.35. The summed E-state index contributed by atoms with van der Waals surface area (Å²) in [7, 11) is 1.35. The van der Waals surface area contributed by atoms with Crippen LogP contribution in [0.1, 0.15) is 11.4 Å². The number of aromatic nitrogens is 2. The number of halogens is 3. The summed E-state index contributed by atoms with van der Waals surface area (Å²) in [6, 6.07) is 8.33. The third-order valence-electron chi connectivity index (χ3n) is 4.15. The second-order valence-electron chi connectivity index (χ2n) is 6.00. The first-order valence-electron chi connectivity index (χ1n) is 8.52. The maximum absolute atomic E-state index is 12.7. The summed E-state index contributed by atoms with van der Waals surface area (Å²) in [4.78, 5) is 21.4. The maximum Gasteiger partial charge on any atom is 0.387 e. The molecule has 4 rings (SSSR count). The van der Waals surface area contributed by atoms with Crippen molar-refractivity contribution in [3.8, 4) is 21.9 Å². The number of hydrogen-bond acceptors (Lipinski definition) is 6.